The van der Waals surface area contributed by atoms with E-state index in [-0.39, 0.29) is 24.3 Å². The maximum Gasteiger partial charge on any atom is 0.307 e. The summed E-state index contributed by atoms with van der Waals surface area (Å²) in [6.45, 7) is 3.02. The standard InChI is InChI=1S/C7H14N2O3/c1-5(4-7(11)12-3)9(8)6(2)10/h5H,4,8H2,1-3H3. The summed E-state index contributed by atoms with van der Waals surface area (Å²) < 4.78 is 4.42. The molecule has 5 heteroatoms. The number of carbonyl (C=O) groups excluding carboxylic acids is 2. The van der Waals surface area contributed by atoms with Crippen LogP contribution in [0.5, 0.6) is 0 Å². The van der Waals surface area contributed by atoms with Gasteiger partial charge >= 0.3 is 5.97 Å². The zero-order valence-electron chi connectivity index (χ0n) is 7.53. The van der Waals surface area contributed by atoms with Crippen LogP contribution in [0.25, 0.3) is 0 Å². The minimum Gasteiger partial charge on any atom is -0.469 e. The Morgan fingerprint density at radius 1 is 1.58 bits per heavy atom. The number of rotatable bonds is 3. The van der Waals surface area contributed by atoms with Gasteiger partial charge in [0.05, 0.1) is 19.6 Å². The van der Waals surface area contributed by atoms with Crippen molar-refractivity contribution >= 4 is 11.9 Å². The number of esters is 1. The van der Waals surface area contributed by atoms with E-state index in [4.69, 9.17) is 5.84 Å². The minimum atomic E-state index is -0.376. The zero-order chi connectivity index (χ0) is 9.72. The predicted octanol–water partition coefficient (Wildman–Crippen LogP) is -0.340. The van der Waals surface area contributed by atoms with Crippen LogP contribution >= 0.6 is 0 Å². The molecule has 1 atom stereocenters. The topological polar surface area (TPSA) is 72.6 Å². The van der Waals surface area contributed by atoms with Crippen LogP contribution in [-0.4, -0.2) is 30.0 Å². The summed E-state index contributed by atoms with van der Waals surface area (Å²) >= 11 is 0. The highest BCUT2D eigenvalue weighted by molar-refractivity contribution is 5.75. The molecular formula is C7H14N2O3. The van der Waals surface area contributed by atoms with Crippen molar-refractivity contribution in [2.45, 2.75) is 26.3 Å². The number of ether oxygens (including phenoxy) is 1. The lowest BCUT2D eigenvalue weighted by Crippen LogP contribution is -2.43. The van der Waals surface area contributed by atoms with Crippen molar-refractivity contribution in [3.63, 3.8) is 0 Å². The van der Waals surface area contributed by atoms with E-state index in [2.05, 4.69) is 4.74 Å². The Morgan fingerprint density at radius 2 is 2.08 bits per heavy atom. The van der Waals surface area contributed by atoms with E-state index in [9.17, 15) is 9.59 Å². The molecule has 0 heterocycles. The van der Waals surface area contributed by atoms with E-state index in [0.717, 1.165) is 5.01 Å². The highest BCUT2D eigenvalue weighted by Crippen LogP contribution is 1.99. The number of nitrogens with zero attached hydrogens (tertiary/aromatic N) is 1. The molecule has 0 fully saturated rings. The van der Waals surface area contributed by atoms with Crippen LogP contribution in [0.2, 0.25) is 0 Å². The van der Waals surface area contributed by atoms with Crippen LogP contribution in [0.1, 0.15) is 20.3 Å². The van der Waals surface area contributed by atoms with E-state index < -0.39 is 0 Å². The van der Waals surface area contributed by atoms with Gasteiger partial charge in [-0.2, -0.15) is 0 Å². The molecule has 0 saturated heterocycles. The molecule has 1 amide bonds. The molecule has 5 nitrogen and oxygen atoms in total. The molecule has 0 aromatic carbocycles. The van der Waals surface area contributed by atoms with E-state index >= 15 is 0 Å². The SMILES string of the molecule is COC(=O)CC(C)N(N)C(C)=O. The highest BCUT2D eigenvalue weighted by atomic mass is 16.5. The molecule has 0 aromatic heterocycles. The normalized spacial score (nSPS) is 12.0. The van der Waals surface area contributed by atoms with E-state index in [1.165, 1.54) is 14.0 Å². The number of methoxy groups -OCH3 is 1. The molecule has 0 aromatic rings. The molecule has 0 bridgehead atoms. The van der Waals surface area contributed by atoms with Crippen molar-refractivity contribution in [1.82, 2.24) is 5.01 Å². The predicted molar refractivity (Wildman–Crippen MR) is 42.8 cm³/mol. The van der Waals surface area contributed by atoms with Gasteiger partial charge in [-0.1, -0.05) is 0 Å². The number of hydrogen-bond donors (Lipinski definition) is 1. The minimum absolute atomic E-state index is 0.118. The second kappa shape index (κ2) is 4.71. The number of carbonyl (C=O) groups is 2. The van der Waals surface area contributed by atoms with Crippen molar-refractivity contribution in [2.75, 3.05) is 7.11 Å². The third kappa shape index (κ3) is 3.34. The van der Waals surface area contributed by atoms with Gasteiger partial charge in [-0.15, -0.1) is 0 Å². The Kier molecular flexibility index (Phi) is 4.28. The maximum atomic E-state index is 10.7. The summed E-state index contributed by atoms with van der Waals surface area (Å²) in [6.07, 6.45) is 0.118. The quantitative estimate of drug-likeness (QED) is 0.275. The molecule has 0 saturated carbocycles. The van der Waals surface area contributed by atoms with Gasteiger partial charge in [-0.05, 0) is 6.92 Å². The molecule has 12 heavy (non-hydrogen) atoms. The van der Waals surface area contributed by atoms with Gasteiger partial charge in [0, 0.05) is 6.92 Å². The smallest absolute Gasteiger partial charge is 0.307 e. The monoisotopic (exact) mass is 174 g/mol. The number of hydrogen-bond acceptors (Lipinski definition) is 4. The molecule has 0 spiro atoms. The summed E-state index contributed by atoms with van der Waals surface area (Å²) in [4.78, 5) is 21.4. The lowest BCUT2D eigenvalue weighted by Gasteiger charge is -2.21. The second-order valence-electron chi connectivity index (χ2n) is 2.56. The average Bonchev–Trinajstić information content (AvgIpc) is 2.02. The first-order valence-corrected chi connectivity index (χ1v) is 3.60. The summed E-state index contributed by atoms with van der Waals surface area (Å²) in [5.74, 6) is 4.69. The van der Waals surface area contributed by atoms with Crippen molar-refractivity contribution in [1.29, 1.82) is 0 Å². The number of nitrogens with two attached hydrogens (primary N) is 1. The Bertz CT molecular complexity index is 181. The van der Waals surface area contributed by atoms with Crippen molar-refractivity contribution in [3.8, 4) is 0 Å². The third-order valence-electron chi connectivity index (χ3n) is 1.53. The van der Waals surface area contributed by atoms with Gasteiger partial charge < -0.3 is 4.74 Å². The first-order valence-electron chi connectivity index (χ1n) is 3.60. The molecule has 0 aliphatic carbocycles. The molecule has 1 unspecified atom stereocenters. The van der Waals surface area contributed by atoms with Gasteiger partial charge in [-0.25, -0.2) is 5.84 Å². The van der Waals surface area contributed by atoms with Crippen molar-refractivity contribution < 1.29 is 14.3 Å². The Balaban J connectivity index is 3.94. The van der Waals surface area contributed by atoms with Crippen molar-refractivity contribution in [3.05, 3.63) is 0 Å². The van der Waals surface area contributed by atoms with Crippen molar-refractivity contribution in [2.24, 2.45) is 5.84 Å². The fraction of sp³-hybridized carbons (Fsp3) is 0.714. The molecule has 0 aliphatic heterocycles. The van der Waals surface area contributed by atoms with Gasteiger partial charge in [0.2, 0.25) is 5.91 Å². The molecule has 2 N–H and O–H groups in total. The zero-order valence-corrected chi connectivity index (χ0v) is 7.53. The largest absolute Gasteiger partial charge is 0.469 e. The van der Waals surface area contributed by atoms with Crippen LogP contribution in [0.3, 0.4) is 0 Å². The molecular weight excluding hydrogens is 160 g/mol. The summed E-state index contributed by atoms with van der Waals surface area (Å²) in [6, 6.07) is -0.324. The first-order chi connectivity index (χ1) is 5.49. The third-order valence-corrected chi connectivity index (χ3v) is 1.53. The van der Waals surface area contributed by atoms with Crippen LogP contribution < -0.4 is 5.84 Å². The number of hydrazine groups is 1. The van der Waals surface area contributed by atoms with Crippen LogP contribution in [-0.2, 0) is 14.3 Å². The fourth-order valence-corrected chi connectivity index (χ4v) is 0.733. The summed E-state index contributed by atoms with van der Waals surface area (Å²) in [7, 11) is 1.30. The van der Waals surface area contributed by atoms with Gasteiger partial charge in [-0.3, -0.25) is 14.6 Å². The van der Waals surface area contributed by atoms with Gasteiger partial charge in [0.25, 0.3) is 0 Å². The van der Waals surface area contributed by atoms with E-state index in [0.29, 0.717) is 0 Å². The molecule has 0 aliphatic rings. The first kappa shape index (κ1) is 10.9. The molecule has 70 valence electrons. The summed E-state index contributed by atoms with van der Waals surface area (Å²) in [5.41, 5.74) is 0. The molecule has 0 radical (unpaired) electrons. The van der Waals surface area contributed by atoms with Crippen LogP contribution in [0.4, 0.5) is 0 Å². The van der Waals surface area contributed by atoms with Crippen LogP contribution in [0.15, 0.2) is 0 Å². The maximum absolute atomic E-state index is 10.7. The fourth-order valence-electron chi connectivity index (χ4n) is 0.733. The van der Waals surface area contributed by atoms with E-state index in [1.807, 2.05) is 0 Å². The Labute approximate surface area is 71.4 Å². The lowest BCUT2D eigenvalue weighted by atomic mass is 10.2. The average molecular weight is 174 g/mol. The molecule has 0 rings (SSSR count). The van der Waals surface area contributed by atoms with E-state index in [1.54, 1.807) is 6.92 Å². The Hall–Kier alpha value is -1.10. The van der Waals surface area contributed by atoms with Crippen LogP contribution in [0, 0.1) is 0 Å². The highest BCUT2D eigenvalue weighted by Gasteiger charge is 2.16. The van der Waals surface area contributed by atoms with Gasteiger partial charge in [0.1, 0.15) is 0 Å². The lowest BCUT2D eigenvalue weighted by molar-refractivity contribution is -0.143. The summed E-state index contributed by atoms with van der Waals surface area (Å²) in [5, 5.41) is 1.01. The Morgan fingerprint density at radius 3 is 2.42 bits per heavy atom. The second-order valence-corrected chi connectivity index (χ2v) is 2.56. The van der Waals surface area contributed by atoms with Gasteiger partial charge in [0.15, 0.2) is 0 Å². The number of amides is 1.